The van der Waals surface area contributed by atoms with Crippen molar-refractivity contribution in [1.29, 1.82) is 0 Å². The molecule has 0 aliphatic rings. The van der Waals surface area contributed by atoms with E-state index in [1.807, 2.05) is 0 Å². The number of rotatable bonds is 4. The standard InChI is InChI=1S/C17H17BrN2O4S/c1-9-12(17(23)24-4)15(25-13(9)16(22)20(2)3)19-14(21)10-7-5-6-8-11(10)18/h5-8H,1-4H3,(H,19,21). The molecule has 1 N–H and O–H groups in total. The van der Waals surface area contributed by atoms with Gasteiger partial charge in [0.2, 0.25) is 0 Å². The van der Waals surface area contributed by atoms with Crippen LogP contribution in [-0.2, 0) is 4.74 Å². The van der Waals surface area contributed by atoms with Crippen LogP contribution >= 0.6 is 27.3 Å². The lowest BCUT2D eigenvalue weighted by Gasteiger charge is -2.08. The van der Waals surface area contributed by atoms with Crippen molar-refractivity contribution in [2.24, 2.45) is 0 Å². The van der Waals surface area contributed by atoms with Crippen LogP contribution in [0.2, 0.25) is 0 Å². The highest BCUT2D eigenvalue weighted by Crippen LogP contribution is 2.35. The fourth-order valence-electron chi connectivity index (χ4n) is 2.17. The van der Waals surface area contributed by atoms with Crippen molar-refractivity contribution in [2.75, 3.05) is 26.5 Å². The number of esters is 1. The molecular formula is C17H17BrN2O4S. The highest BCUT2D eigenvalue weighted by Gasteiger charge is 2.27. The average molecular weight is 425 g/mol. The zero-order chi connectivity index (χ0) is 18.7. The maximum Gasteiger partial charge on any atom is 0.341 e. The Hall–Kier alpha value is -2.19. The first-order chi connectivity index (χ1) is 11.8. The highest BCUT2D eigenvalue weighted by molar-refractivity contribution is 9.10. The van der Waals surface area contributed by atoms with E-state index in [9.17, 15) is 14.4 Å². The molecule has 0 unspecified atom stereocenters. The number of methoxy groups -OCH3 is 1. The average Bonchev–Trinajstić information content (AvgIpc) is 2.89. The van der Waals surface area contributed by atoms with Gasteiger partial charge in [-0.15, -0.1) is 11.3 Å². The minimum Gasteiger partial charge on any atom is -0.465 e. The maximum atomic E-state index is 12.5. The van der Waals surface area contributed by atoms with Crippen LogP contribution in [0.25, 0.3) is 0 Å². The quantitative estimate of drug-likeness (QED) is 0.761. The number of nitrogens with one attached hydrogen (secondary N) is 1. The van der Waals surface area contributed by atoms with E-state index in [0.717, 1.165) is 11.3 Å². The summed E-state index contributed by atoms with van der Waals surface area (Å²) in [4.78, 5) is 38.8. The molecular weight excluding hydrogens is 408 g/mol. The second-order valence-corrected chi connectivity index (χ2v) is 7.26. The Bertz CT molecular complexity index is 845. The number of anilines is 1. The summed E-state index contributed by atoms with van der Waals surface area (Å²) in [6, 6.07) is 6.94. The zero-order valence-electron chi connectivity index (χ0n) is 14.2. The number of ether oxygens (including phenoxy) is 1. The molecule has 8 heteroatoms. The maximum absolute atomic E-state index is 12.5. The van der Waals surface area contributed by atoms with Gasteiger partial charge in [-0.05, 0) is 40.5 Å². The van der Waals surface area contributed by atoms with Gasteiger partial charge in [0, 0.05) is 18.6 Å². The first-order valence-corrected chi connectivity index (χ1v) is 8.88. The number of thiophene rings is 1. The largest absolute Gasteiger partial charge is 0.465 e. The van der Waals surface area contributed by atoms with Gasteiger partial charge in [0.1, 0.15) is 5.00 Å². The Kier molecular flexibility index (Phi) is 5.97. The molecule has 0 radical (unpaired) electrons. The van der Waals surface area contributed by atoms with Gasteiger partial charge in [0.05, 0.1) is 23.1 Å². The minimum absolute atomic E-state index is 0.193. The summed E-state index contributed by atoms with van der Waals surface area (Å²) >= 11 is 4.38. The lowest BCUT2D eigenvalue weighted by molar-refractivity contribution is 0.0601. The smallest absolute Gasteiger partial charge is 0.341 e. The van der Waals surface area contributed by atoms with Gasteiger partial charge in [0.15, 0.2) is 0 Å². The highest BCUT2D eigenvalue weighted by atomic mass is 79.9. The molecule has 6 nitrogen and oxygen atoms in total. The summed E-state index contributed by atoms with van der Waals surface area (Å²) in [5.74, 6) is -1.23. The molecule has 0 spiro atoms. The van der Waals surface area contributed by atoms with Gasteiger partial charge < -0.3 is 15.0 Å². The third kappa shape index (κ3) is 3.91. The monoisotopic (exact) mass is 424 g/mol. The number of halogens is 1. The van der Waals surface area contributed by atoms with Crippen LogP contribution < -0.4 is 5.32 Å². The van der Waals surface area contributed by atoms with Crippen LogP contribution in [0.5, 0.6) is 0 Å². The van der Waals surface area contributed by atoms with E-state index >= 15 is 0 Å². The van der Waals surface area contributed by atoms with Crippen molar-refractivity contribution < 1.29 is 19.1 Å². The van der Waals surface area contributed by atoms with Gasteiger partial charge in [-0.25, -0.2) is 4.79 Å². The number of hydrogen-bond donors (Lipinski definition) is 1. The summed E-state index contributed by atoms with van der Waals surface area (Å²) in [7, 11) is 4.50. The SMILES string of the molecule is COC(=O)c1c(NC(=O)c2ccccc2Br)sc(C(=O)N(C)C)c1C. The summed E-state index contributed by atoms with van der Waals surface area (Å²) in [6.07, 6.45) is 0. The molecule has 1 aromatic carbocycles. The fourth-order valence-corrected chi connectivity index (χ4v) is 3.85. The lowest BCUT2D eigenvalue weighted by atomic mass is 10.1. The Morgan fingerprint density at radius 1 is 1.20 bits per heavy atom. The van der Waals surface area contributed by atoms with Crippen molar-refractivity contribution in [3.05, 3.63) is 50.3 Å². The van der Waals surface area contributed by atoms with Gasteiger partial charge in [-0.1, -0.05) is 12.1 Å². The molecule has 1 heterocycles. The second kappa shape index (κ2) is 7.79. The molecule has 0 atom stereocenters. The first kappa shape index (κ1) is 19.1. The van der Waals surface area contributed by atoms with Gasteiger partial charge in [-0.3, -0.25) is 9.59 Å². The molecule has 1 aromatic heterocycles. The van der Waals surface area contributed by atoms with E-state index in [4.69, 9.17) is 4.74 Å². The third-order valence-corrected chi connectivity index (χ3v) is 5.37. The Morgan fingerprint density at radius 2 is 1.84 bits per heavy atom. The van der Waals surface area contributed by atoms with Crippen LogP contribution in [0.1, 0.15) is 36.0 Å². The van der Waals surface area contributed by atoms with Crippen molar-refractivity contribution in [1.82, 2.24) is 4.90 Å². The van der Waals surface area contributed by atoms with E-state index < -0.39 is 5.97 Å². The molecule has 132 valence electrons. The molecule has 2 amide bonds. The van der Waals surface area contributed by atoms with Crippen LogP contribution in [0.4, 0.5) is 5.00 Å². The topological polar surface area (TPSA) is 75.7 Å². The van der Waals surface area contributed by atoms with E-state index in [-0.39, 0.29) is 22.4 Å². The summed E-state index contributed by atoms with van der Waals surface area (Å²) in [5.41, 5.74) is 1.10. The number of carbonyl (C=O) groups excluding carboxylic acids is 3. The van der Waals surface area contributed by atoms with Gasteiger partial charge in [0.25, 0.3) is 11.8 Å². The predicted octanol–water partition coefficient (Wildman–Crippen LogP) is 3.56. The molecule has 2 aromatic rings. The number of benzene rings is 1. The Balaban J connectivity index is 2.47. The Morgan fingerprint density at radius 3 is 2.40 bits per heavy atom. The van der Waals surface area contributed by atoms with Crippen molar-refractivity contribution >= 4 is 50.1 Å². The third-order valence-electron chi connectivity index (χ3n) is 3.48. The number of amides is 2. The molecule has 2 rings (SSSR count). The van der Waals surface area contributed by atoms with Gasteiger partial charge in [-0.2, -0.15) is 0 Å². The minimum atomic E-state index is -0.603. The van der Waals surface area contributed by atoms with Crippen LogP contribution in [0.3, 0.4) is 0 Å². The van der Waals surface area contributed by atoms with Crippen molar-refractivity contribution in [3.63, 3.8) is 0 Å². The Labute approximate surface area is 157 Å². The second-order valence-electron chi connectivity index (χ2n) is 5.39. The van der Waals surface area contributed by atoms with Gasteiger partial charge >= 0.3 is 5.97 Å². The normalized spacial score (nSPS) is 10.3. The lowest BCUT2D eigenvalue weighted by Crippen LogP contribution is -2.21. The number of nitrogens with zero attached hydrogens (tertiary/aromatic N) is 1. The number of carbonyl (C=O) groups is 3. The molecule has 0 fully saturated rings. The van der Waals surface area contributed by atoms with E-state index in [1.54, 1.807) is 45.3 Å². The fraction of sp³-hybridized carbons (Fsp3) is 0.235. The molecule has 0 aliphatic heterocycles. The van der Waals surface area contributed by atoms with E-state index in [0.29, 0.717) is 20.5 Å². The first-order valence-electron chi connectivity index (χ1n) is 7.27. The van der Waals surface area contributed by atoms with Crippen LogP contribution in [-0.4, -0.2) is 43.9 Å². The van der Waals surface area contributed by atoms with Crippen molar-refractivity contribution in [2.45, 2.75) is 6.92 Å². The summed E-state index contributed by atoms with van der Waals surface area (Å²) in [6.45, 7) is 1.66. The summed E-state index contributed by atoms with van der Waals surface area (Å²) < 4.78 is 5.43. The van der Waals surface area contributed by atoms with E-state index in [1.165, 1.54) is 12.0 Å². The summed E-state index contributed by atoms with van der Waals surface area (Å²) in [5, 5.41) is 3.00. The van der Waals surface area contributed by atoms with Crippen LogP contribution in [0, 0.1) is 6.92 Å². The van der Waals surface area contributed by atoms with E-state index in [2.05, 4.69) is 21.2 Å². The predicted molar refractivity (Wildman–Crippen MR) is 101 cm³/mol. The van der Waals surface area contributed by atoms with Crippen LogP contribution in [0.15, 0.2) is 28.7 Å². The molecule has 0 saturated heterocycles. The van der Waals surface area contributed by atoms with Crippen molar-refractivity contribution in [3.8, 4) is 0 Å². The molecule has 0 bridgehead atoms. The number of hydrogen-bond acceptors (Lipinski definition) is 5. The molecule has 25 heavy (non-hydrogen) atoms. The molecule has 0 aliphatic carbocycles. The molecule has 0 saturated carbocycles. The zero-order valence-corrected chi connectivity index (χ0v) is 16.6.